The molecule has 0 aliphatic carbocycles. The molecule has 104 valence electrons. The van der Waals surface area contributed by atoms with E-state index in [1.807, 2.05) is 59.3 Å². The number of anilines is 1. The molecule has 3 heteroatoms. The second-order valence-electron chi connectivity index (χ2n) is 4.79. The van der Waals surface area contributed by atoms with E-state index in [1.54, 1.807) is 11.3 Å². The minimum atomic E-state index is -0.0556. The van der Waals surface area contributed by atoms with Crippen LogP contribution in [0.3, 0.4) is 0 Å². The monoisotopic (exact) mass is 293 g/mol. The first-order chi connectivity index (χ1) is 10.3. The van der Waals surface area contributed by atoms with Crippen molar-refractivity contribution in [2.45, 2.75) is 6.42 Å². The van der Waals surface area contributed by atoms with Crippen LogP contribution in [0.1, 0.15) is 21.5 Å². The summed E-state index contributed by atoms with van der Waals surface area (Å²) in [5.41, 5.74) is 3.82. The Bertz CT molecular complexity index is 720. The van der Waals surface area contributed by atoms with Gasteiger partial charge in [-0.1, -0.05) is 48.5 Å². The first-order valence-corrected chi connectivity index (χ1v) is 7.72. The van der Waals surface area contributed by atoms with Crippen LogP contribution in [-0.2, 0) is 6.42 Å². The zero-order valence-electron chi connectivity index (χ0n) is 11.5. The highest BCUT2D eigenvalue weighted by atomic mass is 32.1. The van der Waals surface area contributed by atoms with E-state index in [-0.39, 0.29) is 5.91 Å². The van der Waals surface area contributed by atoms with Crippen LogP contribution in [0.2, 0.25) is 0 Å². The van der Waals surface area contributed by atoms with E-state index in [0.717, 1.165) is 23.2 Å². The molecule has 2 aromatic carbocycles. The number of hydrogen-bond donors (Lipinski definition) is 1. The zero-order valence-corrected chi connectivity index (χ0v) is 12.3. The molecule has 3 rings (SSSR count). The van der Waals surface area contributed by atoms with Crippen LogP contribution in [0.15, 0.2) is 71.4 Å². The highest BCUT2D eigenvalue weighted by Gasteiger charge is 2.11. The van der Waals surface area contributed by atoms with Crippen LogP contribution in [0, 0.1) is 0 Å². The molecule has 21 heavy (non-hydrogen) atoms. The fraction of sp³-hybridized carbons (Fsp3) is 0.0556. The Morgan fingerprint density at radius 1 is 0.952 bits per heavy atom. The normalized spacial score (nSPS) is 10.3. The summed E-state index contributed by atoms with van der Waals surface area (Å²) >= 11 is 1.57. The van der Waals surface area contributed by atoms with Crippen molar-refractivity contribution in [3.05, 3.63) is 88.1 Å². The van der Waals surface area contributed by atoms with Gasteiger partial charge in [-0.05, 0) is 35.1 Å². The second kappa shape index (κ2) is 6.37. The lowest BCUT2D eigenvalue weighted by molar-refractivity contribution is 0.102. The van der Waals surface area contributed by atoms with Gasteiger partial charge in [-0.3, -0.25) is 4.79 Å². The van der Waals surface area contributed by atoms with Gasteiger partial charge < -0.3 is 5.32 Å². The lowest BCUT2D eigenvalue weighted by atomic mass is 9.99. The van der Waals surface area contributed by atoms with E-state index in [0.29, 0.717) is 0 Å². The molecule has 0 saturated heterocycles. The molecule has 0 unspecified atom stereocenters. The maximum atomic E-state index is 12.4. The number of benzene rings is 2. The molecule has 3 aromatic rings. The summed E-state index contributed by atoms with van der Waals surface area (Å²) in [7, 11) is 0. The van der Waals surface area contributed by atoms with Gasteiger partial charge in [0.05, 0.1) is 5.69 Å². The van der Waals surface area contributed by atoms with Gasteiger partial charge in [-0.15, -0.1) is 0 Å². The van der Waals surface area contributed by atoms with Crippen molar-refractivity contribution in [3.63, 3.8) is 0 Å². The number of nitrogens with one attached hydrogen (secondary N) is 1. The average Bonchev–Trinajstić information content (AvgIpc) is 3.02. The molecule has 0 aliphatic heterocycles. The molecule has 0 radical (unpaired) electrons. The van der Waals surface area contributed by atoms with Gasteiger partial charge in [0, 0.05) is 10.9 Å². The fourth-order valence-electron chi connectivity index (χ4n) is 2.25. The van der Waals surface area contributed by atoms with E-state index >= 15 is 0 Å². The largest absolute Gasteiger partial charge is 0.321 e. The van der Waals surface area contributed by atoms with Crippen LogP contribution in [0.5, 0.6) is 0 Å². The summed E-state index contributed by atoms with van der Waals surface area (Å²) in [5.74, 6) is -0.0556. The Kier molecular flexibility index (Phi) is 4.12. The second-order valence-corrected chi connectivity index (χ2v) is 5.57. The predicted octanol–water partition coefficient (Wildman–Crippen LogP) is 4.59. The van der Waals surface area contributed by atoms with Crippen LogP contribution in [0.4, 0.5) is 5.69 Å². The lowest BCUT2D eigenvalue weighted by Gasteiger charge is -2.09. The van der Waals surface area contributed by atoms with Crippen LogP contribution >= 0.6 is 11.3 Å². The van der Waals surface area contributed by atoms with Gasteiger partial charge in [0.15, 0.2) is 0 Å². The summed E-state index contributed by atoms with van der Waals surface area (Å²) in [6.07, 6.45) is 0.758. The van der Waals surface area contributed by atoms with Crippen molar-refractivity contribution in [2.24, 2.45) is 0 Å². The van der Waals surface area contributed by atoms with E-state index in [1.165, 1.54) is 5.56 Å². The molecular weight excluding hydrogens is 278 g/mol. The lowest BCUT2D eigenvalue weighted by Crippen LogP contribution is -2.13. The Labute approximate surface area is 128 Å². The summed E-state index contributed by atoms with van der Waals surface area (Å²) < 4.78 is 0. The van der Waals surface area contributed by atoms with Crippen molar-refractivity contribution in [1.82, 2.24) is 0 Å². The third-order valence-electron chi connectivity index (χ3n) is 3.28. The van der Waals surface area contributed by atoms with Crippen LogP contribution in [0.25, 0.3) is 0 Å². The maximum absolute atomic E-state index is 12.4. The summed E-state index contributed by atoms with van der Waals surface area (Å²) in [5, 5.41) is 6.81. The van der Waals surface area contributed by atoms with Crippen molar-refractivity contribution in [3.8, 4) is 0 Å². The molecule has 0 spiro atoms. The third-order valence-corrected chi connectivity index (χ3v) is 3.96. The molecule has 1 aromatic heterocycles. The van der Waals surface area contributed by atoms with Crippen molar-refractivity contribution < 1.29 is 4.79 Å². The minimum Gasteiger partial charge on any atom is -0.321 e. The maximum Gasteiger partial charge on any atom is 0.255 e. The number of hydrogen-bond acceptors (Lipinski definition) is 2. The van der Waals surface area contributed by atoms with Gasteiger partial charge in [0.25, 0.3) is 5.91 Å². The molecule has 0 aliphatic rings. The van der Waals surface area contributed by atoms with Crippen molar-refractivity contribution in [2.75, 3.05) is 5.32 Å². The van der Waals surface area contributed by atoms with E-state index in [4.69, 9.17) is 0 Å². The number of amides is 1. The standard InChI is InChI=1S/C18H15NOS/c20-18(19-16-10-11-21-13-16)17-9-5-4-8-15(17)12-14-6-2-1-3-7-14/h1-11,13H,12H2,(H,19,20). The third kappa shape index (κ3) is 3.38. The number of rotatable bonds is 4. The van der Waals surface area contributed by atoms with Gasteiger partial charge in [0.2, 0.25) is 0 Å². The smallest absolute Gasteiger partial charge is 0.255 e. The predicted molar refractivity (Wildman–Crippen MR) is 88.0 cm³/mol. The number of carbonyl (C=O) groups excluding carboxylic acids is 1. The quantitative estimate of drug-likeness (QED) is 0.749. The molecule has 0 saturated carbocycles. The summed E-state index contributed by atoms with van der Waals surface area (Å²) in [6.45, 7) is 0. The molecule has 1 amide bonds. The van der Waals surface area contributed by atoms with E-state index in [9.17, 15) is 4.79 Å². The molecule has 0 bridgehead atoms. The first kappa shape index (κ1) is 13.6. The van der Waals surface area contributed by atoms with Crippen LogP contribution < -0.4 is 5.32 Å². The SMILES string of the molecule is O=C(Nc1ccsc1)c1ccccc1Cc1ccccc1. The Morgan fingerprint density at radius 2 is 1.71 bits per heavy atom. The van der Waals surface area contributed by atoms with Gasteiger partial charge in [-0.25, -0.2) is 0 Å². The zero-order chi connectivity index (χ0) is 14.5. The molecule has 0 atom stereocenters. The minimum absolute atomic E-state index is 0.0556. The van der Waals surface area contributed by atoms with Crippen LogP contribution in [-0.4, -0.2) is 5.91 Å². The fourth-order valence-corrected chi connectivity index (χ4v) is 2.83. The molecule has 1 N–H and O–H groups in total. The van der Waals surface area contributed by atoms with E-state index < -0.39 is 0 Å². The molecule has 1 heterocycles. The topological polar surface area (TPSA) is 29.1 Å². The first-order valence-electron chi connectivity index (χ1n) is 6.78. The number of thiophene rings is 1. The summed E-state index contributed by atoms with van der Waals surface area (Å²) in [4.78, 5) is 12.4. The summed E-state index contributed by atoms with van der Waals surface area (Å²) in [6, 6.07) is 19.8. The average molecular weight is 293 g/mol. The van der Waals surface area contributed by atoms with Gasteiger partial charge >= 0.3 is 0 Å². The molecular formula is C18H15NOS. The van der Waals surface area contributed by atoms with Gasteiger partial charge in [-0.2, -0.15) is 11.3 Å². The van der Waals surface area contributed by atoms with Crippen molar-refractivity contribution >= 4 is 22.9 Å². The Morgan fingerprint density at radius 3 is 2.48 bits per heavy atom. The van der Waals surface area contributed by atoms with Gasteiger partial charge in [0.1, 0.15) is 0 Å². The highest BCUT2D eigenvalue weighted by molar-refractivity contribution is 7.08. The number of carbonyl (C=O) groups is 1. The van der Waals surface area contributed by atoms with E-state index in [2.05, 4.69) is 17.4 Å². The van der Waals surface area contributed by atoms with Crippen molar-refractivity contribution in [1.29, 1.82) is 0 Å². The molecule has 2 nitrogen and oxygen atoms in total. The molecule has 0 fully saturated rings. The highest BCUT2D eigenvalue weighted by Crippen LogP contribution is 2.18. The Balaban J connectivity index is 1.84. The Hall–Kier alpha value is -2.39.